The fraction of sp³-hybridized carbons (Fsp3) is 0.533. The molecule has 6 nitrogen and oxygen atoms in total. The Morgan fingerprint density at radius 2 is 1.30 bits per heavy atom. The first-order valence-electron chi connectivity index (χ1n) is 13.7. The van der Waals surface area contributed by atoms with E-state index in [4.69, 9.17) is 14.6 Å². The van der Waals surface area contributed by atoms with Gasteiger partial charge >= 0.3 is 0 Å². The molecule has 1 aromatic heterocycles. The van der Waals surface area contributed by atoms with Crippen LogP contribution in [0.15, 0.2) is 53.6 Å². The van der Waals surface area contributed by atoms with Crippen LogP contribution in [0.5, 0.6) is 11.5 Å². The highest BCUT2D eigenvalue weighted by Crippen LogP contribution is 2.34. The topological polar surface area (TPSA) is 77.8 Å². The quantitative estimate of drug-likeness (QED) is 0.178. The van der Waals surface area contributed by atoms with Crippen LogP contribution in [0, 0.1) is 0 Å². The van der Waals surface area contributed by atoms with Crippen molar-refractivity contribution in [3.05, 3.63) is 54.2 Å². The van der Waals surface area contributed by atoms with Crippen LogP contribution >= 0.6 is 0 Å². The van der Waals surface area contributed by atoms with Crippen LogP contribution in [-0.4, -0.2) is 38.3 Å². The highest BCUT2D eigenvalue weighted by atomic mass is 32.2. The van der Waals surface area contributed by atoms with Gasteiger partial charge in [-0.15, -0.1) is 0 Å². The van der Waals surface area contributed by atoms with Gasteiger partial charge in [-0.2, -0.15) is 0 Å². The summed E-state index contributed by atoms with van der Waals surface area (Å²) in [5.41, 5.74) is 1.65. The predicted octanol–water partition coefficient (Wildman–Crippen LogP) is 7.11. The first-order chi connectivity index (χ1) is 18.0. The molecule has 0 bridgehead atoms. The zero-order chi connectivity index (χ0) is 26.5. The first-order valence-corrected chi connectivity index (χ1v) is 15.1. The zero-order valence-electron chi connectivity index (χ0n) is 22.5. The van der Waals surface area contributed by atoms with E-state index in [0.717, 1.165) is 43.1 Å². The van der Waals surface area contributed by atoms with Crippen molar-refractivity contribution >= 4 is 20.9 Å². The first kappa shape index (κ1) is 29.1. The molecule has 7 heteroatoms. The van der Waals surface area contributed by atoms with Gasteiger partial charge in [0.05, 0.1) is 24.6 Å². The van der Waals surface area contributed by atoms with Crippen molar-refractivity contribution in [1.82, 2.24) is 3.97 Å². The molecule has 37 heavy (non-hydrogen) atoms. The maximum atomic E-state index is 13.5. The van der Waals surface area contributed by atoms with Crippen LogP contribution in [0.2, 0.25) is 0 Å². The lowest BCUT2D eigenvalue weighted by molar-refractivity contribution is 0.282. The average Bonchev–Trinajstić information content (AvgIpc) is 3.31. The summed E-state index contributed by atoms with van der Waals surface area (Å²) in [6.07, 6.45) is 17.0. The molecule has 0 atom stereocenters. The van der Waals surface area contributed by atoms with Crippen LogP contribution in [0.4, 0.5) is 0 Å². The number of rotatable bonds is 18. The van der Waals surface area contributed by atoms with Crippen LogP contribution < -0.4 is 9.47 Å². The Balaban J connectivity index is 1.56. The molecule has 1 heterocycles. The van der Waals surface area contributed by atoms with Gasteiger partial charge in [0.1, 0.15) is 11.5 Å². The molecule has 2 aromatic carbocycles. The predicted molar refractivity (Wildman–Crippen MR) is 150 cm³/mol. The lowest BCUT2D eigenvalue weighted by Crippen LogP contribution is -2.11. The van der Waals surface area contributed by atoms with Gasteiger partial charge in [0.15, 0.2) is 0 Å². The van der Waals surface area contributed by atoms with Gasteiger partial charge in [0.2, 0.25) is 0 Å². The second kappa shape index (κ2) is 15.0. The van der Waals surface area contributed by atoms with E-state index in [2.05, 4.69) is 0 Å². The number of nitrogens with zero attached hydrogens (tertiary/aromatic N) is 1. The lowest BCUT2D eigenvalue weighted by atomic mass is 10.0. The minimum absolute atomic E-state index is 0.227. The summed E-state index contributed by atoms with van der Waals surface area (Å²) in [5.74, 6) is 1.32. The third kappa shape index (κ3) is 7.99. The molecule has 0 aliphatic heterocycles. The van der Waals surface area contributed by atoms with Gasteiger partial charge < -0.3 is 14.6 Å². The number of unbranched alkanes of at least 4 members (excludes halogenated alkanes) is 11. The smallest absolute Gasteiger partial charge is 0.268 e. The van der Waals surface area contributed by atoms with Crippen molar-refractivity contribution in [1.29, 1.82) is 0 Å². The van der Waals surface area contributed by atoms with Crippen LogP contribution in [0.25, 0.3) is 10.9 Å². The largest absolute Gasteiger partial charge is 0.497 e. The Morgan fingerprint density at radius 1 is 0.730 bits per heavy atom. The van der Waals surface area contributed by atoms with Gasteiger partial charge in [-0.1, -0.05) is 70.3 Å². The minimum atomic E-state index is -3.76. The molecular formula is C30H43NO5S. The van der Waals surface area contributed by atoms with Crippen molar-refractivity contribution in [2.75, 3.05) is 20.8 Å². The third-order valence-corrected chi connectivity index (χ3v) is 8.71. The number of aryl methyl sites for hydroxylation is 1. The molecule has 0 saturated carbocycles. The molecule has 0 fully saturated rings. The number of aromatic nitrogens is 1. The number of fused-ring (bicyclic) bond motifs is 1. The van der Waals surface area contributed by atoms with Crippen LogP contribution in [-0.2, 0) is 16.4 Å². The van der Waals surface area contributed by atoms with E-state index in [-0.39, 0.29) is 4.90 Å². The molecular weight excluding hydrogens is 486 g/mol. The fourth-order valence-corrected chi connectivity index (χ4v) is 6.30. The van der Waals surface area contributed by atoms with E-state index < -0.39 is 10.0 Å². The SMILES string of the molecule is COc1ccc(S(=O)(=O)n2cc(CCCCCCCCCCCCCCO)c3c(OC)cccc32)cc1. The van der Waals surface area contributed by atoms with Crippen LogP contribution in [0.3, 0.4) is 0 Å². The van der Waals surface area contributed by atoms with Crippen molar-refractivity contribution in [3.63, 3.8) is 0 Å². The Kier molecular flexibility index (Phi) is 11.8. The summed E-state index contributed by atoms with van der Waals surface area (Å²) < 4.78 is 39.2. The van der Waals surface area contributed by atoms with Gasteiger partial charge in [0, 0.05) is 18.2 Å². The van der Waals surface area contributed by atoms with Crippen molar-refractivity contribution in [2.24, 2.45) is 0 Å². The fourth-order valence-electron chi connectivity index (χ4n) is 4.92. The Labute approximate surface area is 222 Å². The van der Waals surface area contributed by atoms with Crippen molar-refractivity contribution in [2.45, 2.75) is 88.4 Å². The van der Waals surface area contributed by atoms with Gasteiger partial charge in [-0.05, 0) is 61.2 Å². The summed E-state index contributed by atoms with van der Waals surface area (Å²) in [4.78, 5) is 0.227. The minimum Gasteiger partial charge on any atom is -0.497 e. The third-order valence-electron chi connectivity index (χ3n) is 7.03. The molecule has 1 N–H and O–H groups in total. The molecule has 3 rings (SSSR count). The lowest BCUT2D eigenvalue weighted by Gasteiger charge is -2.09. The van der Waals surface area contributed by atoms with E-state index in [9.17, 15) is 8.42 Å². The molecule has 3 aromatic rings. The van der Waals surface area contributed by atoms with Gasteiger partial charge in [-0.3, -0.25) is 0 Å². The monoisotopic (exact) mass is 529 g/mol. The van der Waals surface area contributed by atoms with Gasteiger partial charge in [0.25, 0.3) is 10.0 Å². The number of hydrogen-bond donors (Lipinski definition) is 1. The highest BCUT2D eigenvalue weighted by Gasteiger charge is 2.23. The molecule has 0 amide bonds. The van der Waals surface area contributed by atoms with E-state index >= 15 is 0 Å². The molecule has 0 spiro atoms. The summed E-state index contributed by atoms with van der Waals surface area (Å²) in [7, 11) is -0.568. The van der Waals surface area contributed by atoms with E-state index in [1.165, 1.54) is 55.3 Å². The summed E-state index contributed by atoms with van der Waals surface area (Å²) in [6.45, 7) is 0.318. The van der Waals surface area contributed by atoms with Gasteiger partial charge in [-0.25, -0.2) is 12.4 Å². The number of benzene rings is 2. The molecule has 204 valence electrons. The Bertz CT molecular complexity index is 1180. The maximum Gasteiger partial charge on any atom is 0.268 e. The zero-order valence-corrected chi connectivity index (χ0v) is 23.3. The second-order valence-electron chi connectivity index (χ2n) is 9.70. The average molecular weight is 530 g/mol. The number of ether oxygens (including phenoxy) is 2. The molecule has 0 unspecified atom stereocenters. The summed E-state index contributed by atoms with van der Waals surface area (Å²) >= 11 is 0. The summed E-state index contributed by atoms with van der Waals surface area (Å²) in [5, 5.41) is 9.70. The molecule has 0 aliphatic rings. The standard InChI is InChI=1S/C30H43NO5S/c1-35-26-19-21-27(22-20-26)37(33,34)31-24-25(30-28(31)17-15-18-29(30)36-2)16-13-11-9-7-5-3-4-6-8-10-12-14-23-32/h15,17-22,24,32H,3-14,16,23H2,1-2H3. The normalized spacial score (nSPS) is 11.8. The second-order valence-corrected chi connectivity index (χ2v) is 11.5. The molecule has 0 radical (unpaired) electrons. The molecule has 0 saturated heterocycles. The van der Waals surface area contributed by atoms with E-state index in [1.807, 2.05) is 18.2 Å². The van der Waals surface area contributed by atoms with E-state index in [1.54, 1.807) is 44.7 Å². The summed E-state index contributed by atoms with van der Waals surface area (Å²) in [6, 6.07) is 12.1. The van der Waals surface area contributed by atoms with E-state index in [0.29, 0.717) is 23.6 Å². The highest BCUT2D eigenvalue weighted by molar-refractivity contribution is 7.90. The number of aliphatic hydroxyl groups excluding tert-OH is 1. The van der Waals surface area contributed by atoms with Crippen molar-refractivity contribution in [3.8, 4) is 11.5 Å². The van der Waals surface area contributed by atoms with Crippen molar-refractivity contribution < 1.29 is 23.0 Å². The number of methoxy groups -OCH3 is 2. The Hall–Kier alpha value is -2.51. The maximum absolute atomic E-state index is 13.5. The van der Waals surface area contributed by atoms with Crippen LogP contribution in [0.1, 0.15) is 82.6 Å². The number of hydrogen-bond acceptors (Lipinski definition) is 5. The molecule has 0 aliphatic carbocycles. The number of aliphatic hydroxyl groups is 1. The Morgan fingerprint density at radius 3 is 1.84 bits per heavy atom.